The average molecular weight is 341 g/mol. The molecule has 0 fully saturated rings. The van der Waals surface area contributed by atoms with Crippen molar-refractivity contribution in [3.05, 3.63) is 64.7 Å². The fourth-order valence-corrected chi connectivity index (χ4v) is 1.77. The first-order valence-corrected chi connectivity index (χ1v) is 6.76. The topological polar surface area (TPSA) is 67.4 Å². The fourth-order valence-electron chi connectivity index (χ4n) is 1.61. The highest BCUT2D eigenvalue weighted by molar-refractivity contribution is 6.30. The summed E-state index contributed by atoms with van der Waals surface area (Å²) in [4.78, 5) is 23.2. The molecule has 0 aliphatic rings. The molecule has 0 aliphatic heterocycles. The second-order valence-electron chi connectivity index (χ2n) is 4.35. The zero-order chi connectivity index (χ0) is 16.8. The van der Waals surface area contributed by atoms with Crippen LogP contribution in [0.3, 0.4) is 0 Å². The molecule has 0 atom stereocenters. The molecule has 0 bridgehead atoms. The van der Waals surface area contributed by atoms with Crippen molar-refractivity contribution < 1.29 is 23.1 Å². The van der Waals surface area contributed by atoms with Crippen LogP contribution in [0.25, 0.3) is 0 Å². The van der Waals surface area contributed by atoms with E-state index in [1.54, 1.807) is 6.07 Å². The summed E-state index contributed by atoms with van der Waals surface area (Å²) in [6, 6.07) is 9.03. The highest BCUT2D eigenvalue weighted by Crippen LogP contribution is 2.15. The van der Waals surface area contributed by atoms with Crippen LogP contribution in [0.2, 0.25) is 5.02 Å². The number of hydrogen-bond donors (Lipinski definition) is 2. The number of hydrogen-bond acceptors (Lipinski definition) is 3. The summed E-state index contributed by atoms with van der Waals surface area (Å²) in [6.45, 7) is -0.523. The summed E-state index contributed by atoms with van der Waals surface area (Å²) >= 11 is 5.57. The van der Waals surface area contributed by atoms with Crippen LogP contribution in [-0.4, -0.2) is 18.4 Å². The highest BCUT2D eigenvalue weighted by atomic mass is 35.5. The second-order valence-corrected chi connectivity index (χ2v) is 4.78. The Hall–Kier alpha value is -2.67. The Morgan fingerprint density at radius 2 is 1.78 bits per heavy atom. The van der Waals surface area contributed by atoms with Gasteiger partial charge in [0, 0.05) is 5.02 Å². The zero-order valence-corrected chi connectivity index (χ0v) is 12.4. The Labute approximate surface area is 135 Å². The van der Waals surface area contributed by atoms with Crippen LogP contribution < -0.4 is 15.6 Å². The van der Waals surface area contributed by atoms with Crippen molar-refractivity contribution >= 4 is 23.4 Å². The SMILES string of the molecule is O=C(COc1ccccc1F)NNC(=O)c1ccc(Cl)cc1F. The lowest BCUT2D eigenvalue weighted by atomic mass is 10.2. The normalized spacial score (nSPS) is 10.0. The quantitative estimate of drug-likeness (QED) is 0.840. The van der Waals surface area contributed by atoms with E-state index in [0.29, 0.717) is 0 Å². The van der Waals surface area contributed by atoms with Gasteiger partial charge in [-0.3, -0.25) is 20.4 Å². The van der Waals surface area contributed by atoms with E-state index in [1.807, 2.05) is 10.9 Å². The van der Waals surface area contributed by atoms with Crippen molar-refractivity contribution in [3.8, 4) is 5.75 Å². The number of hydrazine groups is 1. The lowest BCUT2D eigenvalue weighted by molar-refractivity contribution is -0.123. The molecule has 23 heavy (non-hydrogen) atoms. The molecular formula is C15H11ClF2N2O3. The standard InChI is InChI=1S/C15H11ClF2N2O3/c16-9-5-6-10(12(18)7-9)15(22)20-19-14(21)8-23-13-4-2-1-3-11(13)17/h1-7H,8H2,(H,19,21)(H,20,22). The molecule has 2 rings (SSSR count). The molecule has 0 aromatic heterocycles. The van der Waals surface area contributed by atoms with E-state index in [-0.39, 0.29) is 16.3 Å². The van der Waals surface area contributed by atoms with Crippen molar-refractivity contribution in [2.75, 3.05) is 6.61 Å². The summed E-state index contributed by atoms with van der Waals surface area (Å²) in [6.07, 6.45) is 0. The molecule has 0 spiro atoms. The lowest BCUT2D eigenvalue weighted by Gasteiger charge is -2.09. The van der Waals surface area contributed by atoms with Crippen molar-refractivity contribution in [2.24, 2.45) is 0 Å². The maximum absolute atomic E-state index is 13.5. The van der Waals surface area contributed by atoms with Crippen molar-refractivity contribution in [2.45, 2.75) is 0 Å². The van der Waals surface area contributed by atoms with Gasteiger partial charge in [0.1, 0.15) is 5.82 Å². The minimum Gasteiger partial charge on any atom is -0.481 e. The molecule has 0 unspecified atom stereocenters. The van der Waals surface area contributed by atoms with Gasteiger partial charge in [0.25, 0.3) is 11.8 Å². The van der Waals surface area contributed by atoms with Gasteiger partial charge >= 0.3 is 0 Å². The Bertz CT molecular complexity index is 740. The van der Waals surface area contributed by atoms with Crippen molar-refractivity contribution in [1.82, 2.24) is 10.9 Å². The van der Waals surface area contributed by atoms with Crippen LogP contribution in [0.15, 0.2) is 42.5 Å². The van der Waals surface area contributed by atoms with Crippen LogP contribution in [0.1, 0.15) is 10.4 Å². The summed E-state index contributed by atoms with van der Waals surface area (Å²) in [5.41, 5.74) is 3.75. The second kappa shape index (κ2) is 7.55. The van der Waals surface area contributed by atoms with Gasteiger partial charge < -0.3 is 4.74 Å². The van der Waals surface area contributed by atoms with E-state index in [1.165, 1.54) is 30.3 Å². The number of para-hydroxylation sites is 1. The lowest BCUT2D eigenvalue weighted by Crippen LogP contribution is -2.44. The number of carbonyl (C=O) groups is 2. The van der Waals surface area contributed by atoms with E-state index in [9.17, 15) is 18.4 Å². The number of benzene rings is 2. The molecule has 0 heterocycles. The highest BCUT2D eigenvalue weighted by Gasteiger charge is 2.13. The molecule has 0 aliphatic carbocycles. The minimum atomic E-state index is -0.863. The fraction of sp³-hybridized carbons (Fsp3) is 0.0667. The number of amides is 2. The molecule has 0 saturated heterocycles. The van der Waals surface area contributed by atoms with Crippen LogP contribution >= 0.6 is 11.6 Å². The monoisotopic (exact) mass is 340 g/mol. The number of nitrogens with one attached hydrogen (secondary N) is 2. The van der Waals surface area contributed by atoms with E-state index in [4.69, 9.17) is 16.3 Å². The van der Waals surface area contributed by atoms with E-state index in [0.717, 1.165) is 6.07 Å². The number of carbonyl (C=O) groups excluding carboxylic acids is 2. The van der Waals surface area contributed by atoms with Gasteiger partial charge in [-0.15, -0.1) is 0 Å². The van der Waals surface area contributed by atoms with Gasteiger partial charge in [0.2, 0.25) is 0 Å². The van der Waals surface area contributed by atoms with Crippen LogP contribution in [0.4, 0.5) is 8.78 Å². The smallest absolute Gasteiger partial charge is 0.276 e. The van der Waals surface area contributed by atoms with Gasteiger partial charge in [-0.25, -0.2) is 8.78 Å². The third kappa shape index (κ3) is 4.65. The molecule has 2 aromatic carbocycles. The third-order valence-corrected chi connectivity index (χ3v) is 2.92. The Morgan fingerprint density at radius 3 is 2.48 bits per heavy atom. The maximum Gasteiger partial charge on any atom is 0.276 e. The Balaban J connectivity index is 1.84. The van der Waals surface area contributed by atoms with Crippen molar-refractivity contribution in [3.63, 3.8) is 0 Å². The summed E-state index contributed by atoms with van der Waals surface area (Å²) in [7, 11) is 0. The maximum atomic E-state index is 13.5. The predicted octanol–water partition coefficient (Wildman–Crippen LogP) is 2.46. The van der Waals surface area contributed by atoms with Crippen LogP contribution in [0, 0.1) is 11.6 Å². The van der Waals surface area contributed by atoms with E-state index in [2.05, 4.69) is 0 Å². The molecule has 0 radical (unpaired) electrons. The molecule has 2 amide bonds. The van der Waals surface area contributed by atoms with Crippen LogP contribution in [0.5, 0.6) is 5.75 Å². The summed E-state index contributed by atoms with van der Waals surface area (Å²) in [5, 5.41) is 0.140. The minimum absolute atomic E-state index is 0.0993. The van der Waals surface area contributed by atoms with Gasteiger partial charge in [-0.1, -0.05) is 23.7 Å². The van der Waals surface area contributed by atoms with Gasteiger partial charge in [0.05, 0.1) is 5.56 Å². The van der Waals surface area contributed by atoms with Gasteiger partial charge in [0.15, 0.2) is 18.2 Å². The predicted molar refractivity (Wildman–Crippen MR) is 78.9 cm³/mol. The van der Waals surface area contributed by atoms with E-state index < -0.39 is 30.1 Å². The van der Waals surface area contributed by atoms with Crippen LogP contribution in [-0.2, 0) is 4.79 Å². The van der Waals surface area contributed by atoms with Gasteiger partial charge in [-0.05, 0) is 30.3 Å². The molecule has 2 aromatic rings. The van der Waals surface area contributed by atoms with Gasteiger partial charge in [-0.2, -0.15) is 0 Å². The third-order valence-electron chi connectivity index (χ3n) is 2.69. The Kier molecular flexibility index (Phi) is 5.48. The number of rotatable bonds is 4. The first kappa shape index (κ1) is 16.7. The molecule has 2 N–H and O–H groups in total. The average Bonchev–Trinajstić information content (AvgIpc) is 2.52. The number of ether oxygens (including phenoxy) is 1. The molecule has 0 saturated carbocycles. The number of halogens is 3. The summed E-state index contributed by atoms with van der Waals surface area (Å²) < 4.78 is 31.7. The van der Waals surface area contributed by atoms with E-state index >= 15 is 0 Å². The Morgan fingerprint density at radius 1 is 1.04 bits per heavy atom. The largest absolute Gasteiger partial charge is 0.481 e. The first-order chi connectivity index (χ1) is 11.0. The molecule has 5 nitrogen and oxygen atoms in total. The molecular weight excluding hydrogens is 330 g/mol. The van der Waals surface area contributed by atoms with Crippen molar-refractivity contribution in [1.29, 1.82) is 0 Å². The molecule has 8 heteroatoms. The zero-order valence-electron chi connectivity index (χ0n) is 11.6. The molecule has 120 valence electrons. The first-order valence-electron chi connectivity index (χ1n) is 6.39. The summed E-state index contributed by atoms with van der Waals surface area (Å²) in [5.74, 6) is -3.15.